The summed E-state index contributed by atoms with van der Waals surface area (Å²) in [6.07, 6.45) is 7.22. The molecule has 0 aromatic carbocycles. The minimum absolute atomic E-state index is 0.329. The maximum absolute atomic E-state index is 9.01. The number of aliphatic hydroxyl groups excluding tert-OH is 1. The Hall–Kier alpha value is -0.120. The lowest BCUT2D eigenvalue weighted by Gasteiger charge is -2.34. The van der Waals surface area contributed by atoms with Crippen molar-refractivity contribution >= 4 is 0 Å². The maximum atomic E-state index is 9.01. The van der Waals surface area contributed by atoms with E-state index in [1.165, 1.54) is 45.2 Å². The molecule has 2 N–H and O–H groups in total. The quantitative estimate of drug-likeness (QED) is 0.683. The van der Waals surface area contributed by atoms with E-state index in [2.05, 4.69) is 37.9 Å². The van der Waals surface area contributed by atoms with Gasteiger partial charge in [-0.25, -0.2) is 0 Å². The zero-order chi connectivity index (χ0) is 15.0. The largest absolute Gasteiger partial charge is 0.396 e. The average molecular weight is 284 g/mol. The molecule has 1 rings (SSSR count). The molecule has 0 aromatic heterocycles. The third kappa shape index (κ3) is 6.11. The smallest absolute Gasteiger partial charge is 0.0431 e. The highest BCUT2D eigenvalue weighted by Gasteiger charge is 2.28. The summed E-state index contributed by atoms with van der Waals surface area (Å²) >= 11 is 0. The molecule has 1 fully saturated rings. The topological polar surface area (TPSA) is 35.5 Å². The van der Waals surface area contributed by atoms with E-state index in [1.54, 1.807) is 0 Å². The van der Waals surface area contributed by atoms with Gasteiger partial charge in [0.2, 0.25) is 0 Å². The molecule has 0 amide bonds. The summed E-state index contributed by atoms with van der Waals surface area (Å²) in [4.78, 5) is 2.65. The lowest BCUT2D eigenvalue weighted by atomic mass is 9.84. The van der Waals surface area contributed by atoms with Gasteiger partial charge in [0.1, 0.15) is 0 Å². The lowest BCUT2D eigenvalue weighted by molar-refractivity contribution is 0.181. The van der Waals surface area contributed by atoms with Crippen LogP contribution in [0.1, 0.15) is 66.2 Å². The van der Waals surface area contributed by atoms with Crippen LogP contribution in [-0.2, 0) is 0 Å². The van der Waals surface area contributed by atoms with Crippen LogP contribution < -0.4 is 5.32 Å². The third-order valence-electron chi connectivity index (χ3n) is 4.59. The van der Waals surface area contributed by atoms with Crippen LogP contribution in [-0.4, -0.2) is 48.3 Å². The molecule has 0 aromatic rings. The second-order valence-electron chi connectivity index (χ2n) is 7.36. The highest BCUT2D eigenvalue weighted by Crippen LogP contribution is 2.25. The summed E-state index contributed by atoms with van der Waals surface area (Å²) in [6, 6.07) is 1.32. The van der Waals surface area contributed by atoms with Gasteiger partial charge in [0, 0.05) is 18.7 Å². The summed E-state index contributed by atoms with van der Waals surface area (Å²) in [5.41, 5.74) is 0.329. The number of likely N-dealkylation sites (tertiary alicyclic amines) is 1. The van der Waals surface area contributed by atoms with Gasteiger partial charge in [-0.05, 0) is 63.6 Å². The molecule has 0 spiro atoms. The molecular weight excluding hydrogens is 248 g/mol. The number of hydrogen-bond donors (Lipinski definition) is 2. The van der Waals surface area contributed by atoms with Gasteiger partial charge in [0.15, 0.2) is 0 Å². The summed E-state index contributed by atoms with van der Waals surface area (Å²) < 4.78 is 0. The van der Waals surface area contributed by atoms with Gasteiger partial charge in [0.05, 0.1) is 0 Å². The molecule has 2 unspecified atom stereocenters. The molecule has 0 saturated carbocycles. The van der Waals surface area contributed by atoms with Crippen molar-refractivity contribution in [2.75, 3.05) is 26.2 Å². The van der Waals surface area contributed by atoms with Gasteiger partial charge in [-0.3, -0.25) is 0 Å². The Kier molecular flexibility index (Phi) is 8.08. The Labute approximate surface area is 126 Å². The van der Waals surface area contributed by atoms with Gasteiger partial charge in [0.25, 0.3) is 0 Å². The van der Waals surface area contributed by atoms with Crippen molar-refractivity contribution in [3.05, 3.63) is 0 Å². The molecular formula is C17H36N2O. The molecule has 2 atom stereocenters. The fourth-order valence-corrected chi connectivity index (χ4v) is 3.30. The Morgan fingerprint density at radius 2 is 2.10 bits per heavy atom. The molecule has 1 aliphatic rings. The molecule has 0 aliphatic carbocycles. The number of rotatable bonds is 9. The first-order valence-corrected chi connectivity index (χ1v) is 8.57. The molecule has 0 bridgehead atoms. The Bertz CT molecular complexity index is 250. The van der Waals surface area contributed by atoms with E-state index >= 15 is 0 Å². The predicted octanol–water partition coefficient (Wildman–Crippen LogP) is 3.03. The first kappa shape index (κ1) is 17.9. The predicted molar refractivity (Wildman–Crippen MR) is 87.1 cm³/mol. The van der Waals surface area contributed by atoms with Gasteiger partial charge in [-0.1, -0.05) is 27.7 Å². The average Bonchev–Trinajstić information content (AvgIpc) is 2.82. The van der Waals surface area contributed by atoms with E-state index in [-0.39, 0.29) is 0 Å². The lowest BCUT2D eigenvalue weighted by Crippen LogP contribution is -2.43. The molecule has 1 aliphatic heterocycles. The molecule has 0 radical (unpaired) electrons. The zero-order valence-corrected chi connectivity index (χ0v) is 14.1. The van der Waals surface area contributed by atoms with Gasteiger partial charge in [-0.2, -0.15) is 0 Å². The maximum Gasteiger partial charge on any atom is 0.0431 e. The van der Waals surface area contributed by atoms with Crippen LogP contribution in [0.25, 0.3) is 0 Å². The Balaban J connectivity index is 2.41. The minimum atomic E-state index is 0.329. The number of aliphatic hydroxyl groups is 1. The second kappa shape index (κ2) is 9.01. The highest BCUT2D eigenvalue weighted by atomic mass is 16.2. The van der Waals surface area contributed by atoms with Crippen LogP contribution in [0.4, 0.5) is 0 Å². The van der Waals surface area contributed by atoms with Gasteiger partial charge >= 0.3 is 0 Å². The van der Waals surface area contributed by atoms with Crippen molar-refractivity contribution in [1.82, 2.24) is 10.2 Å². The summed E-state index contributed by atoms with van der Waals surface area (Å²) in [5.74, 6) is 0. The molecule has 120 valence electrons. The SMILES string of the molecule is CCCNC(CCN1CCCC1CCCO)C(C)(C)C. The molecule has 1 saturated heterocycles. The van der Waals surface area contributed by atoms with Crippen LogP contribution >= 0.6 is 0 Å². The van der Waals surface area contributed by atoms with Gasteiger partial charge < -0.3 is 15.3 Å². The zero-order valence-electron chi connectivity index (χ0n) is 14.1. The van der Waals surface area contributed by atoms with Crippen molar-refractivity contribution in [3.8, 4) is 0 Å². The number of nitrogens with zero attached hydrogens (tertiary/aromatic N) is 1. The fraction of sp³-hybridized carbons (Fsp3) is 1.00. The molecule has 3 heteroatoms. The number of hydrogen-bond acceptors (Lipinski definition) is 3. The first-order valence-electron chi connectivity index (χ1n) is 8.57. The van der Waals surface area contributed by atoms with Crippen LogP contribution in [0.15, 0.2) is 0 Å². The van der Waals surface area contributed by atoms with E-state index in [0.717, 1.165) is 13.0 Å². The van der Waals surface area contributed by atoms with Crippen LogP contribution in [0, 0.1) is 5.41 Å². The first-order chi connectivity index (χ1) is 9.49. The van der Waals surface area contributed by atoms with E-state index in [9.17, 15) is 0 Å². The van der Waals surface area contributed by atoms with Crippen LogP contribution in [0.2, 0.25) is 0 Å². The third-order valence-corrected chi connectivity index (χ3v) is 4.59. The summed E-state index contributed by atoms with van der Waals surface area (Å²) in [6.45, 7) is 13.2. The standard InChI is InChI=1S/C17H36N2O/c1-5-11-18-16(17(2,3)4)10-13-19-12-6-8-15(19)9-7-14-20/h15-16,18,20H,5-14H2,1-4H3. The summed E-state index contributed by atoms with van der Waals surface area (Å²) in [7, 11) is 0. The second-order valence-corrected chi connectivity index (χ2v) is 7.36. The van der Waals surface area contributed by atoms with E-state index in [4.69, 9.17) is 5.11 Å². The Morgan fingerprint density at radius 3 is 2.70 bits per heavy atom. The van der Waals surface area contributed by atoms with Crippen molar-refractivity contribution in [3.63, 3.8) is 0 Å². The highest BCUT2D eigenvalue weighted by molar-refractivity contribution is 4.85. The van der Waals surface area contributed by atoms with Crippen LogP contribution in [0.3, 0.4) is 0 Å². The van der Waals surface area contributed by atoms with Crippen molar-refractivity contribution in [2.45, 2.75) is 78.3 Å². The normalized spacial score (nSPS) is 22.4. The Morgan fingerprint density at radius 1 is 1.35 bits per heavy atom. The summed E-state index contributed by atoms with van der Waals surface area (Å²) in [5, 5.41) is 12.7. The van der Waals surface area contributed by atoms with E-state index < -0.39 is 0 Å². The number of nitrogens with one attached hydrogen (secondary N) is 1. The van der Waals surface area contributed by atoms with Crippen molar-refractivity contribution in [1.29, 1.82) is 0 Å². The van der Waals surface area contributed by atoms with Crippen LogP contribution in [0.5, 0.6) is 0 Å². The van der Waals surface area contributed by atoms with Crippen molar-refractivity contribution < 1.29 is 5.11 Å². The van der Waals surface area contributed by atoms with E-state index in [1.807, 2.05) is 0 Å². The molecule has 1 heterocycles. The fourth-order valence-electron chi connectivity index (χ4n) is 3.30. The van der Waals surface area contributed by atoms with Crippen molar-refractivity contribution in [2.24, 2.45) is 5.41 Å². The molecule has 3 nitrogen and oxygen atoms in total. The monoisotopic (exact) mass is 284 g/mol. The molecule has 20 heavy (non-hydrogen) atoms. The minimum Gasteiger partial charge on any atom is -0.396 e. The van der Waals surface area contributed by atoms with Gasteiger partial charge in [-0.15, -0.1) is 0 Å². The van der Waals surface area contributed by atoms with E-state index in [0.29, 0.717) is 24.1 Å².